The van der Waals surface area contributed by atoms with Gasteiger partial charge in [-0.25, -0.2) is 8.78 Å². The van der Waals surface area contributed by atoms with Crippen LogP contribution in [0.3, 0.4) is 0 Å². The molecular formula is C10H12F4N2. The molecule has 1 heterocycles. The summed E-state index contributed by atoms with van der Waals surface area (Å²) in [5, 5.41) is 3.59. The molecule has 16 heavy (non-hydrogen) atoms. The van der Waals surface area contributed by atoms with Gasteiger partial charge in [0.05, 0.1) is 0 Å². The van der Waals surface area contributed by atoms with Crippen molar-refractivity contribution in [2.45, 2.75) is 45.1 Å². The van der Waals surface area contributed by atoms with Crippen molar-refractivity contribution >= 4 is 0 Å². The number of fused-ring (bicyclic) bond motifs is 1. The molecule has 0 radical (unpaired) electrons. The monoisotopic (exact) mass is 236 g/mol. The number of halogens is 4. The third-order valence-corrected chi connectivity index (χ3v) is 2.85. The van der Waals surface area contributed by atoms with E-state index in [4.69, 9.17) is 0 Å². The number of alkyl halides is 4. The minimum Gasteiger partial charge on any atom is -0.263 e. The Bertz CT molecular complexity index is 398. The van der Waals surface area contributed by atoms with E-state index in [-0.39, 0.29) is 37.1 Å². The van der Waals surface area contributed by atoms with E-state index >= 15 is 0 Å². The van der Waals surface area contributed by atoms with Crippen LogP contribution >= 0.6 is 0 Å². The molecule has 0 saturated carbocycles. The predicted molar refractivity (Wildman–Crippen MR) is 49.7 cm³/mol. The van der Waals surface area contributed by atoms with Crippen LogP contribution in [0.15, 0.2) is 0 Å². The van der Waals surface area contributed by atoms with Crippen LogP contribution in [0.2, 0.25) is 0 Å². The topological polar surface area (TPSA) is 17.8 Å². The van der Waals surface area contributed by atoms with Crippen LogP contribution in [0.4, 0.5) is 17.6 Å². The molecule has 1 aliphatic rings. The van der Waals surface area contributed by atoms with E-state index in [9.17, 15) is 17.6 Å². The Morgan fingerprint density at radius 2 is 2.12 bits per heavy atom. The van der Waals surface area contributed by atoms with Crippen LogP contribution in [-0.4, -0.2) is 9.78 Å². The lowest BCUT2D eigenvalue weighted by Gasteiger charge is -2.23. The summed E-state index contributed by atoms with van der Waals surface area (Å²) >= 11 is 0. The number of hydrogen-bond donors (Lipinski definition) is 0. The lowest BCUT2D eigenvalue weighted by Crippen LogP contribution is -2.24. The maximum Gasteiger partial charge on any atom is 0.289 e. The van der Waals surface area contributed by atoms with Crippen molar-refractivity contribution in [2.75, 3.05) is 0 Å². The first-order valence-corrected chi connectivity index (χ1v) is 5.23. The van der Waals surface area contributed by atoms with Gasteiger partial charge < -0.3 is 0 Å². The van der Waals surface area contributed by atoms with E-state index < -0.39 is 18.0 Å². The quantitative estimate of drug-likeness (QED) is 0.720. The second-order valence-corrected chi connectivity index (χ2v) is 3.89. The maximum absolute atomic E-state index is 13.6. The van der Waals surface area contributed by atoms with Gasteiger partial charge in [0.1, 0.15) is 11.4 Å². The van der Waals surface area contributed by atoms with E-state index in [1.54, 1.807) is 6.92 Å². The Kier molecular flexibility index (Phi) is 2.67. The molecule has 0 fully saturated rings. The summed E-state index contributed by atoms with van der Waals surface area (Å²) in [6.45, 7) is 1.80. The molecule has 90 valence electrons. The van der Waals surface area contributed by atoms with Gasteiger partial charge in [-0.05, 0) is 19.8 Å². The highest BCUT2D eigenvalue weighted by Crippen LogP contribution is 2.42. The second kappa shape index (κ2) is 3.75. The van der Waals surface area contributed by atoms with Gasteiger partial charge in [-0.1, -0.05) is 0 Å². The van der Waals surface area contributed by atoms with Gasteiger partial charge >= 0.3 is 0 Å². The number of aryl methyl sites for hydroxylation is 1. The highest BCUT2D eigenvalue weighted by atomic mass is 19.3. The molecule has 0 aliphatic heterocycles. The van der Waals surface area contributed by atoms with Crippen LogP contribution in [0.1, 0.15) is 43.1 Å². The summed E-state index contributed by atoms with van der Waals surface area (Å²) in [4.78, 5) is 0. The Labute approximate surface area is 90.2 Å². The van der Waals surface area contributed by atoms with E-state index in [1.165, 1.54) is 0 Å². The number of hydrogen-bond acceptors (Lipinski definition) is 1. The Morgan fingerprint density at radius 3 is 2.69 bits per heavy atom. The van der Waals surface area contributed by atoms with Crippen molar-refractivity contribution < 1.29 is 17.6 Å². The molecule has 1 aromatic rings. The lowest BCUT2D eigenvalue weighted by atomic mass is 9.92. The summed E-state index contributed by atoms with van der Waals surface area (Å²) in [5.74, 6) is -3.02. The molecule has 1 aromatic heterocycles. The molecule has 6 heteroatoms. The predicted octanol–water partition coefficient (Wildman–Crippen LogP) is 3.27. The molecule has 2 nitrogen and oxygen atoms in total. The average Bonchev–Trinajstić information content (AvgIpc) is 2.57. The van der Waals surface area contributed by atoms with Gasteiger partial charge in [-0.15, -0.1) is 0 Å². The highest BCUT2D eigenvalue weighted by Gasteiger charge is 2.42. The first-order chi connectivity index (χ1) is 7.47. The van der Waals surface area contributed by atoms with Crippen molar-refractivity contribution in [1.82, 2.24) is 9.78 Å². The molecule has 0 bridgehead atoms. The largest absolute Gasteiger partial charge is 0.289 e. The second-order valence-electron chi connectivity index (χ2n) is 3.89. The zero-order valence-corrected chi connectivity index (χ0v) is 8.81. The number of rotatable bonds is 2. The van der Waals surface area contributed by atoms with E-state index in [2.05, 4.69) is 5.10 Å². The Hall–Kier alpha value is -1.07. The molecule has 0 atom stereocenters. The van der Waals surface area contributed by atoms with Crippen molar-refractivity contribution in [3.8, 4) is 0 Å². The van der Waals surface area contributed by atoms with Gasteiger partial charge in [0, 0.05) is 18.5 Å². The fraction of sp³-hybridized carbons (Fsp3) is 0.700. The molecule has 0 unspecified atom stereocenters. The summed E-state index contributed by atoms with van der Waals surface area (Å²) in [6.07, 6.45) is -2.57. The van der Waals surface area contributed by atoms with Crippen molar-refractivity contribution in [3.63, 3.8) is 0 Å². The van der Waals surface area contributed by atoms with Crippen LogP contribution in [-0.2, 0) is 18.9 Å². The first-order valence-electron chi connectivity index (χ1n) is 5.23. The van der Waals surface area contributed by atoms with Gasteiger partial charge in [0.2, 0.25) is 0 Å². The number of aromatic nitrogens is 2. The first kappa shape index (κ1) is 11.4. The highest BCUT2D eigenvalue weighted by molar-refractivity contribution is 5.33. The molecule has 0 amide bonds. The number of nitrogens with zero attached hydrogens (tertiary/aromatic N) is 2. The lowest BCUT2D eigenvalue weighted by molar-refractivity contribution is -0.0303. The minimum absolute atomic E-state index is 0.0492. The Morgan fingerprint density at radius 1 is 1.44 bits per heavy atom. The molecule has 1 aliphatic carbocycles. The van der Waals surface area contributed by atoms with Crippen LogP contribution in [0.5, 0.6) is 0 Å². The van der Waals surface area contributed by atoms with Gasteiger partial charge in [-0.2, -0.15) is 13.9 Å². The summed E-state index contributed by atoms with van der Waals surface area (Å²) in [5.41, 5.74) is -0.735. The normalized spacial score (nSPS) is 18.9. The molecular weight excluding hydrogens is 224 g/mol. The van der Waals surface area contributed by atoms with E-state index in [0.29, 0.717) is 0 Å². The van der Waals surface area contributed by atoms with E-state index in [0.717, 1.165) is 4.68 Å². The standard InChI is InChI=1S/C10H12F4N2/c1-2-16-8-6(7(15-16)9(11)12)4-3-5-10(8,13)14/h9H,2-5H2,1H3. The fourth-order valence-electron chi connectivity index (χ4n) is 2.18. The van der Waals surface area contributed by atoms with Crippen molar-refractivity contribution in [1.29, 1.82) is 0 Å². The van der Waals surface area contributed by atoms with Gasteiger partial charge in [0.15, 0.2) is 0 Å². The SMILES string of the molecule is CCn1nc(C(F)F)c2c1C(F)(F)CCC2. The van der Waals surface area contributed by atoms with E-state index in [1.807, 2.05) is 0 Å². The molecule has 0 N–H and O–H groups in total. The van der Waals surface area contributed by atoms with Crippen LogP contribution < -0.4 is 0 Å². The summed E-state index contributed by atoms with van der Waals surface area (Å²) in [7, 11) is 0. The average molecular weight is 236 g/mol. The molecule has 0 spiro atoms. The summed E-state index contributed by atoms with van der Waals surface area (Å²) in [6, 6.07) is 0. The zero-order chi connectivity index (χ0) is 11.9. The molecule has 0 saturated heterocycles. The van der Waals surface area contributed by atoms with Crippen LogP contribution in [0.25, 0.3) is 0 Å². The third kappa shape index (κ3) is 1.60. The van der Waals surface area contributed by atoms with Gasteiger partial charge in [0.25, 0.3) is 12.3 Å². The maximum atomic E-state index is 13.6. The fourth-order valence-corrected chi connectivity index (χ4v) is 2.18. The van der Waals surface area contributed by atoms with Crippen LogP contribution in [0, 0.1) is 0 Å². The smallest absolute Gasteiger partial charge is 0.263 e. The van der Waals surface area contributed by atoms with Gasteiger partial charge in [-0.3, -0.25) is 4.68 Å². The third-order valence-electron chi connectivity index (χ3n) is 2.85. The Balaban J connectivity index is 2.60. The van der Waals surface area contributed by atoms with Crippen molar-refractivity contribution in [3.05, 3.63) is 17.0 Å². The van der Waals surface area contributed by atoms with Crippen molar-refractivity contribution in [2.24, 2.45) is 0 Å². The molecule has 0 aromatic carbocycles. The minimum atomic E-state index is -3.02. The molecule has 2 rings (SSSR count). The zero-order valence-electron chi connectivity index (χ0n) is 8.81. The summed E-state index contributed by atoms with van der Waals surface area (Å²) < 4.78 is 53.5.